The maximum Gasteiger partial charge on any atom is 0.143 e. The fourth-order valence-electron chi connectivity index (χ4n) is 6.80. The van der Waals surface area contributed by atoms with Crippen LogP contribution >= 0.6 is 0 Å². The van der Waals surface area contributed by atoms with Crippen molar-refractivity contribution >= 4 is 65.0 Å². The van der Waals surface area contributed by atoms with Crippen molar-refractivity contribution in [2.45, 2.75) is 0 Å². The lowest BCUT2D eigenvalue weighted by Gasteiger charge is -2.18. The number of rotatable bonds is 2. The summed E-state index contributed by atoms with van der Waals surface area (Å²) in [5, 5.41) is 12.1. The molecule has 0 aliphatic heterocycles. The Morgan fingerprint density at radius 3 is 1.59 bits per heavy atom. The highest BCUT2D eigenvalue weighted by atomic mass is 16.3. The number of hydrogen-bond donors (Lipinski definition) is 0. The van der Waals surface area contributed by atoms with Gasteiger partial charge in [0.2, 0.25) is 0 Å². The van der Waals surface area contributed by atoms with Gasteiger partial charge >= 0.3 is 0 Å². The predicted molar refractivity (Wildman–Crippen MR) is 175 cm³/mol. The smallest absolute Gasteiger partial charge is 0.143 e. The van der Waals surface area contributed by atoms with E-state index < -0.39 is 0 Å². The number of hydrogen-bond acceptors (Lipinski definition) is 1. The zero-order valence-corrected chi connectivity index (χ0v) is 22.3. The van der Waals surface area contributed by atoms with Crippen molar-refractivity contribution in [2.24, 2.45) is 0 Å². The summed E-state index contributed by atoms with van der Waals surface area (Å²) in [6.45, 7) is 0. The van der Waals surface area contributed by atoms with E-state index in [1.54, 1.807) is 0 Å². The van der Waals surface area contributed by atoms with Crippen LogP contribution in [0.5, 0.6) is 0 Å². The third-order valence-corrected chi connectivity index (χ3v) is 8.63. The summed E-state index contributed by atoms with van der Waals surface area (Å²) in [5.74, 6) is 0. The van der Waals surface area contributed by atoms with E-state index in [1.165, 1.54) is 54.4 Å². The number of furan rings is 1. The third-order valence-electron chi connectivity index (χ3n) is 8.63. The van der Waals surface area contributed by atoms with Gasteiger partial charge in [-0.25, -0.2) is 0 Å². The first-order chi connectivity index (χ1) is 20.3. The van der Waals surface area contributed by atoms with Gasteiger partial charge in [0.25, 0.3) is 0 Å². The van der Waals surface area contributed by atoms with Crippen molar-refractivity contribution in [3.63, 3.8) is 0 Å². The Morgan fingerprint density at radius 1 is 0.317 bits per heavy atom. The first-order valence-corrected chi connectivity index (χ1v) is 14.1. The average Bonchev–Trinajstić information content (AvgIpc) is 3.43. The Hall–Kier alpha value is -5.40. The van der Waals surface area contributed by atoms with Crippen LogP contribution in [0.1, 0.15) is 0 Å². The lowest BCUT2D eigenvalue weighted by molar-refractivity contribution is 0.674. The molecule has 0 bridgehead atoms. The fourth-order valence-corrected chi connectivity index (χ4v) is 6.80. The van der Waals surface area contributed by atoms with E-state index >= 15 is 0 Å². The zero-order chi connectivity index (χ0) is 26.9. The Kier molecular flexibility index (Phi) is 4.67. The molecule has 8 aromatic carbocycles. The molecule has 1 aromatic heterocycles. The average molecular weight is 521 g/mol. The van der Waals surface area contributed by atoms with E-state index in [1.807, 2.05) is 0 Å². The van der Waals surface area contributed by atoms with Gasteiger partial charge in [-0.05, 0) is 61.0 Å². The van der Waals surface area contributed by atoms with E-state index in [9.17, 15) is 0 Å². The SMILES string of the molecule is c1ccc2cc(-c3c4ccccc4c(-c4cccc5c4oc4c6ccccc6ccc54)c4ccccc34)ccc2c1. The molecule has 190 valence electrons. The minimum atomic E-state index is 0.938. The standard InChI is InChI=1S/C40H24O/c1-2-12-27-24-28(21-20-25(27)10-1)37-30-14-5-7-16-32(30)38(33-17-8-6-15-31(33)37)36-19-9-18-34-35-23-22-26-11-3-4-13-29(26)39(35)41-40(34)36/h1-24H. The highest BCUT2D eigenvalue weighted by Gasteiger charge is 2.20. The monoisotopic (exact) mass is 520 g/mol. The number of para-hydroxylation sites is 1. The fraction of sp³-hybridized carbons (Fsp3) is 0. The summed E-state index contributed by atoms with van der Waals surface area (Å²) in [6, 6.07) is 52.5. The minimum Gasteiger partial charge on any atom is -0.455 e. The maximum absolute atomic E-state index is 6.81. The molecular formula is C40H24O. The number of benzene rings is 8. The van der Waals surface area contributed by atoms with E-state index in [0.29, 0.717) is 0 Å². The van der Waals surface area contributed by atoms with E-state index in [-0.39, 0.29) is 0 Å². The van der Waals surface area contributed by atoms with Crippen LogP contribution in [0.3, 0.4) is 0 Å². The first kappa shape index (κ1) is 22.4. The van der Waals surface area contributed by atoms with Gasteiger partial charge in [-0.3, -0.25) is 0 Å². The molecule has 0 radical (unpaired) electrons. The Bertz CT molecular complexity index is 2420. The van der Waals surface area contributed by atoms with Crippen LogP contribution in [0.25, 0.3) is 87.3 Å². The molecule has 0 amide bonds. The van der Waals surface area contributed by atoms with Gasteiger partial charge in [0.15, 0.2) is 0 Å². The topological polar surface area (TPSA) is 13.1 Å². The molecule has 1 heterocycles. The second-order valence-electron chi connectivity index (χ2n) is 10.9. The van der Waals surface area contributed by atoms with Gasteiger partial charge in [-0.15, -0.1) is 0 Å². The Balaban J connectivity index is 1.42. The summed E-state index contributed by atoms with van der Waals surface area (Å²) in [7, 11) is 0. The van der Waals surface area contributed by atoms with Crippen molar-refractivity contribution in [3.05, 3.63) is 146 Å². The van der Waals surface area contributed by atoms with Gasteiger partial charge in [0.1, 0.15) is 11.2 Å². The van der Waals surface area contributed by atoms with E-state index in [4.69, 9.17) is 4.42 Å². The largest absolute Gasteiger partial charge is 0.455 e. The lowest BCUT2D eigenvalue weighted by Crippen LogP contribution is -1.91. The van der Waals surface area contributed by atoms with Gasteiger partial charge in [-0.2, -0.15) is 0 Å². The molecule has 9 rings (SSSR count). The van der Waals surface area contributed by atoms with Crippen LogP contribution < -0.4 is 0 Å². The molecule has 0 saturated carbocycles. The van der Waals surface area contributed by atoms with Crippen molar-refractivity contribution < 1.29 is 4.42 Å². The van der Waals surface area contributed by atoms with E-state index in [0.717, 1.165) is 32.9 Å². The molecule has 0 unspecified atom stereocenters. The van der Waals surface area contributed by atoms with Crippen molar-refractivity contribution in [1.29, 1.82) is 0 Å². The molecule has 1 nitrogen and oxygen atoms in total. The van der Waals surface area contributed by atoms with Crippen LogP contribution in [-0.4, -0.2) is 0 Å². The molecular weight excluding hydrogens is 496 g/mol. The van der Waals surface area contributed by atoms with Gasteiger partial charge in [0.05, 0.1) is 0 Å². The molecule has 1 heteroatoms. The molecule has 0 saturated heterocycles. The molecule has 0 spiro atoms. The van der Waals surface area contributed by atoms with Crippen molar-refractivity contribution in [1.82, 2.24) is 0 Å². The summed E-state index contributed by atoms with van der Waals surface area (Å²) < 4.78 is 6.81. The molecule has 9 aromatic rings. The molecule has 0 aliphatic carbocycles. The summed E-state index contributed by atoms with van der Waals surface area (Å²) >= 11 is 0. The molecule has 0 fully saturated rings. The quantitative estimate of drug-likeness (QED) is 0.207. The van der Waals surface area contributed by atoms with E-state index in [2.05, 4.69) is 146 Å². The Morgan fingerprint density at radius 2 is 0.854 bits per heavy atom. The summed E-state index contributed by atoms with van der Waals surface area (Å²) in [6.07, 6.45) is 0. The third kappa shape index (κ3) is 3.24. The maximum atomic E-state index is 6.81. The minimum absolute atomic E-state index is 0.938. The van der Waals surface area contributed by atoms with Gasteiger partial charge in [0, 0.05) is 27.3 Å². The van der Waals surface area contributed by atoms with Crippen LogP contribution in [0.2, 0.25) is 0 Å². The van der Waals surface area contributed by atoms with Crippen LogP contribution in [-0.2, 0) is 0 Å². The second kappa shape index (κ2) is 8.55. The second-order valence-corrected chi connectivity index (χ2v) is 10.9. The highest BCUT2D eigenvalue weighted by molar-refractivity contribution is 6.25. The van der Waals surface area contributed by atoms with Crippen LogP contribution in [0.15, 0.2) is 150 Å². The van der Waals surface area contributed by atoms with Crippen molar-refractivity contribution in [2.75, 3.05) is 0 Å². The van der Waals surface area contributed by atoms with Gasteiger partial charge in [-0.1, -0.05) is 133 Å². The van der Waals surface area contributed by atoms with Crippen LogP contribution in [0.4, 0.5) is 0 Å². The summed E-state index contributed by atoms with van der Waals surface area (Å²) in [4.78, 5) is 0. The lowest BCUT2D eigenvalue weighted by atomic mass is 9.85. The van der Waals surface area contributed by atoms with Gasteiger partial charge < -0.3 is 4.42 Å². The summed E-state index contributed by atoms with van der Waals surface area (Å²) in [5.41, 5.74) is 6.74. The molecule has 0 N–H and O–H groups in total. The zero-order valence-electron chi connectivity index (χ0n) is 22.3. The van der Waals surface area contributed by atoms with Crippen LogP contribution in [0, 0.1) is 0 Å². The highest BCUT2D eigenvalue weighted by Crippen LogP contribution is 2.47. The molecule has 41 heavy (non-hydrogen) atoms. The molecule has 0 aliphatic rings. The normalized spacial score (nSPS) is 11.9. The molecule has 0 atom stereocenters. The first-order valence-electron chi connectivity index (χ1n) is 14.1. The van der Waals surface area contributed by atoms with Crippen molar-refractivity contribution in [3.8, 4) is 22.3 Å². The number of fused-ring (bicyclic) bond motifs is 8. The predicted octanol–water partition coefficient (Wildman–Crippen LogP) is 11.5. The Labute approximate surface area is 236 Å².